The number of nitrogens with one attached hydrogen (secondary N) is 4. The van der Waals surface area contributed by atoms with Crippen molar-refractivity contribution in [3.63, 3.8) is 0 Å². The first-order valence-electron chi connectivity index (χ1n) is 12.5. The number of rotatable bonds is 16. The average molecular weight is 586 g/mol. The van der Waals surface area contributed by atoms with Gasteiger partial charge in [-0.3, -0.25) is 24.8 Å². The second-order valence-corrected chi connectivity index (χ2v) is 11.6. The zero-order valence-electron chi connectivity index (χ0n) is 23.0. The molecule has 0 fully saturated rings. The van der Waals surface area contributed by atoms with E-state index in [1.807, 2.05) is 19.9 Å². The number of carboxylic acids is 1. The molecule has 12 nitrogen and oxygen atoms in total. The SMILES string of the molecule is CC(C)CC(NC(Cc1ccccc1)NP(=O)([O-])CNC(=O)CNC(=O)C(N)Cc1ccc(O)cc1)C(=O)O.[Na+]. The summed E-state index contributed by atoms with van der Waals surface area (Å²) in [6.07, 6.45) is -1.05. The summed E-state index contributed by atoms with van der Waals surface area (Å²) in [5.74, 6) is -2.30. The molecule has 0 heterocycles. The number of nitrogens with two attached hydrogens (primary N) is 1. The number of benzene rings is 2. The van der Waals surface area contributed by atoms with Crippen LogP contribution in [0, 0.1) is 5.92 Å². The Labute approximate surface area is 256 Å². The van der Waals surface area contributed by atoms with E-state index in [1.54, 1.807) is 36.4 Å². The summed E-state index contributed by atoms with van der Waals surface area (Å²) in [7, 11) is -4.42. The summed E-state index contributed by atoms with van der Waals surface area (Å²) in [6, 6.07) is 13.2. The Morgan fingerprint density at radius 2 is 1.57 bits per heavy atom. The molecule has 0 aliphatic carbocycles. The number of carbonyl (C=O) groups is 3. The molecule has 0 aromatic heterocycles. The summed E-state index contributed by atoms with van der Waals surface area (Å²) in [4.78, 5) is 48.9. The third kappa shape index (κ3) is 13.9. The molecule has 4 unspecified atom stereocenters. The van der Waals surface area contributed by atoms with Crippen molar-refractivity contribution in [3.05, 3.63) is 65.7 Å². The monoisotopic (exact) mass is 585 g/mol. The van der Waals surface area contributed by atoms with Crippen molar-refractivity contribution in [1.29, 1.82) is 0 Å². The predicted octanol–water partition coefficient (Wildman–Crippen LogP) is -2.74. The minimum Gasteiger partial charge on any atom is -0.787 e. The molecule has 8 N–H and O–H groups in total. The third-order valence-corrected chi connectivity index (χ3v) is 6.96. The molecule has 40 heavy (non-hydrogen) atoms. The van der Waals surface area contributed by atoms with Gasteiger partial charge in [0.05, 0.1) is 32.6 Å². The molecule has 2 aromatic rings. The summed E-state index contributed by atoms with van der Waals surface area (Å²) in [5.41, 5.74) is 7.37. The van der Waals surface area contributed by atoms with Crippen molar-refractivity contribution in [2.75, 3.05) is 12.8 Å². The zero-order chi connectivity index (χ0) is 29.0. The number of phenols is 1. The number of carboxylic acid groups (broad SMARTS) is 1. The van der Waals surface area contributed by atoms with Crippen LogP contribution in [-0.4, -0.2) is 59.1 Å². The molecule has 0 radical (unpaired) electrons. The fourth-order valence-corrected chi connectivity index (χ4v) is 4.88. The van der Waals surface area contributed by atoms with Crippen LogP contribution in [0.15, 0.2) is 54.6 Å². The molecule has 0 aliphatic rings. The smallest absolute Gasteiger partial charge is 0.787 e. The number of amides is 2. The number of aliphatic carboxylic acids is 1. The first-order chi connectivity index (χ1) is 18.3. The van der Waals surface area contributed by atoms with Crippen LogP contribution >= 0.6 is 7.52 Å². The fraction of sp³-hybridized carbons (Fsp3) is 0.423. The van der Waals surface area contributed by atoms with Gasteiger partial charge < -0.3 is 36.0 Å². The van der Waals surface area contributed by atoms with Gasteiger partial charge in [0, 0.05) is 6.42 Å². The molecule has 2 amide bonds. The number of aromatic hydroxyl groups is 1. The maximum atomic E-state index is 12.8. The van der Waals surface area contributed by atoms with E-state index in [2.05, 4.69) is 21.0 Å². The van der Waals surface area contributed by atoms with Crippen molar-refractivity contribution in [3.8, 4) is 5.75 Å². The van der Waals surface area contributed by atoms with Gasteiger partial charge in [-0.1, -0.05) is 56.3 Å². The van der Waals surface area contributed by atoms with Gasteiger partial charge in [0.1, 0.15) is 11.8 Å². The van der Waals surface area contributed by atoms with Crippen molar-refractivity contribution < 1.29 is 63.6 Å². The largest absolute Gasteiger partial charge is 1.00 e. The topological polar surface area (TPSA) is 206 Å². The second kappa shape index (κ2) is 17.5. The van der Waals surface area contributed by atoms with Crippen LogP contribution < -0.4 is 61.2 Å². The Balaban J connectivity index is 0.00000800. The molecule has 0 saturated carbocycles. The van der Waals surface area contributed by atoms with Crippen LogP contribution in [0.3, 0.4) is 0 Å². The van der Waals surface area contributed by atoms with E-state index >= 15 is 0 Å². The van der Waals surface area contributed by atoms with Crippen LogP contribution in [0.4, 0.5) is 0 Å². The number of phenolic OH excluding ortho intramolecular Hbond substituents is 1. The van der Waals surface area contributed by atoms with Gasteiger partial charge in [-0.15, -0.1) is 0 Å². The molecule has 0 aliphatic heterocycles. The van der Waals surface area contributed by atoms with Gasteiger partial charge >= 0.3 is 35.5 Å². The summed E-state index contributed by atoms with van der Waals surface area (Å²) in [6.45, 7) is 3.25. The van der Waals surface area contributed by atoms with Crippen LogP contribution in [0.25, 0.3) is 0 Å². The Bertz CT molecular complexity index is 1140. The number of hydrogen-bond donors (Lipinski definition) is 7. The minimum atomic E-state index is -4.42. The predicted molar refractivity (Wildman–Crippen MR) is 144 cm³/mol. The van der Waals surface area contributed by atoms with E-state index in [1.165, 1.54) is 12.1 Å². The molecule has 4 atom stereocenters. The molecular formula is C26H37N5NaO7P. The average Bonchev–Trinajstić information content (AvgIpc) is 2.87. The van der Waals surface area contributed by atoms with Crippen LogP contribution in [0.1, 0.15) is 31.4 Å². The molecule has 2 aromatic carbocycles. The summed E-state index contributed by atoms with van der Waals surface area (Å²) < 4.78 is 12.8. The van der Waals surface area contributed by atoms with E-state index < -0.39 is 56.4 Å². The summed E-state index contributed by atoms with van der Waals surface area (Å²) in [5, 5.41) is 28.9. The van der Waals surface area contributed by atoms with E-state index in [0.717, 1.165) is 11.1 Å². The van der Waals surface area contributed by atoms with Crippen molar-refractivity contribution in [1.82, 2.24) is 21.0 Å². The maximum Gasteiger partial charge on any atom is 1.00 e. The molecule has 2 rings (SSSR count). The Morgan fingerprint density at radius 1 is 0.975 bits per heavy atom. The molecule has 0 saturated heterocycles. The molecular weight excluding hydrogens is 548 g/mol. The molecule has 0 bridgehead atoms. The minimum absolute atomic E-state index is 0. The van der Waals surface area contributed by atoms with Crippen molar-refractivity contribution >= 4 is 25.3 Å². The van der Waals surface area contributed by atoms with Gasteiger partial charge in [0.25, 0.3) is 0 Å². The van der Waals surface area contributed by atoms with Gasteiger partial charge in [0.2, 0.25) is 11.8 Å². The maximum absolute atomic E-state index is 12.8. The number of hydrogen-bond acceptors (Lipinski definition) is 8. The Morgan fingerprint density at radius 3 is 2.15 bits per heavy atom. The third-order valence-electron chi connectivity index (χ3n) is 5.68. The van der Waals surface area contributed by atoms with Crippen LogP contribution in [-0.2, 0) is 31.8 Å². The van der Waals surface area contributed by atoms with E-state index in [4.69, 9.17) is 5.73 Å². The quantitative estimate of drug-likeness (QED) is 0.0615. The second-order valence-electron chi connectivity index (χ2n) is 9.68. The Kier molecular flexibility index (Phi) is 15.7. The van der Waals surface area contributed by atoms with Crippen molar-refractivity contribution in [2.45, 2.75) is 51.4 Å². The fourth-order valence-electron chi connectivity index (χ4n) is 3.76. The van der Waals surface area contributed by atoms with E-state index in [0.29, 0.717) is 0 Å². The molecule has 14 heteroatoms. The van der Waals surface area contributed by atoms with Crippen molar-refractivity contribution in [2.24, 2.45) is 11.7 Å². The van der Waals surface area contributed by atoms with Gasteiger partial charge in [-0.2, -0.15) is 0 Å². The van der Waals surface area contributed by atoms with Gasteiger partial charge in [0.15, 0.2) is 0 Å². The van der Waals surface area contributed by atoms with Crippen LogP contribution in [0.5, 0.6) is 5.75 Å². The van der Waals surface area contributed by atoms with Gasteiger partial charge in [-0.25, -0.2) is 0 Å². The zero-order valence-corrected chi connectivity index (χ0v) is 25.9. The first kappa shape index (κ1) is 35.7. The van der Waals surface area contributed by atoms with Gasteiger partial charge in [-0.05, 0) is 42.0 Å². The van der Waals surface area contributed by atoms with Crippen LogP contribution in [0.2, 0.25) is 0 Å². The Hall–Kier alpha value is -2.28. The van der Waals surface area contributed by atoms with E-state index in [9.17, 15) is 34.1 Å². The summed E-state index contributed by atoms with van der Waals surface area (Å²) >= 11 is 0. The molecule has 214 valence electrons. The van der Waals surface area contributed by atoms with E-state index in [-0.39, 0.29) is 60.5 Å². The number of carbonyl (C=O) groups excluding carboxylic acids is 2. The first-order valence-corrected chi connectivity index (χ1v) is 14.3. The standard InChI is InChI=1S/C26H38N5O7P.Na/c1-17(2)12-22(26(35)36)30-23(14-18-6-4-3-5-7-18)31-39(37,38)16-29-24(33)15-28-25(34)21(27)13-19-8-10-20(32)11-9-19;/h3-11,17,21-23,30,32H,12-16,27H2,1-2H3,(H,28,34)(H,29,33)(H,35,36)(H2,31,37,38);/q;+1/p-1. The molecule has 0 spiro atoms. The normalized spacial score (nSPS) is 14.7.